The van der Waals surface area contributed by atoms with Crippen molar-refractivity contribution in [1.29, 1.82) is 0 Å². The van der Waals surface area contributed by atoms with Crippen LogP contribution in [0.5, 0.6) is 0 Å². The van der Waals surface area contributed by atoms with E-state index in [1.165, 1.54) is 4.90 Å². The third-order valence-electron chi connectivity index (χ3n) is 12.3. The average Bonchev–Trinajstić information content (AvgIpc) is 3.48. The Balaban J connectivity index is 1.21. The number of Topliss-reactive ketones (excluding diaryl/α,β-unsaturated/α-hetero) is 1. The highest BCUT2D eigenvalue weighted by Gasteiger charge is 2.76. The number of fused-ring (bicyclic) bond motifs is 7. The first-order chi connectivity index (χ1) is 22.6. The molecule has 0 aromatic rings. The smallest absolute Gasteiger partial charge is 0.329 e. The van der Waals surface area contributed by atoms with Crippen molar-refractivity contribution in [2.75, 3.05) is 13.2 Å². The van der Waals surface area contributed by atoms with Gasteiger partial charge in [0.05, 0.1) is 25.2 Å². The maximum atomic E-state index is 14.5. The molecule has 4 aliphatic carbocycles. The molecule has 11 atom stereocenters. The number of likely N-dealkylation sites (tertiary alicyclic amines) is 1. The summed E-state index contributed by atoms with van der Waals surface area (Å²) in [6.45, 7) is 9.78. The van der Waals surface area contributed by atoms with Gasteiger partial charge in [0.2, 0.25) is 11.7 Å². The maximum Gasteiger partial charge on any atom is 0.329 e. The maximum absolute atomic E-state index is 14.5. The predicted octanol–water partition coefficient (Wildman–Crippen LogP) is 3.54. The summed E-state index contributed by atoms with van der Waals surface area (Å²) in [6, 6.07) is -0.846. The number of carbonyl (C=O) groups excluding carboxylic acids is 4. The summed E-state index contributed by atoms with van der Waals surface area (Å²) in [5.41, 5.74) is 4.03. The molecule has 0 spiro atoms. The molecule has 11 nitrogen and oxygen atoms in total. The number of aliphatic hydroxyl groups is 1. The molecule has 0 radical (unpaired) electrons. The highest BCUT2D eigenvalue weighted by Crippen LogP contribution is 2.69. The number of hydrogen-bond acceptors (Lipinski definition) is 10. The van der Waals surface area contributed by atoms with Crippen molar-refractivity contribution >= 4 is 40.8 Å². The first kappa shape index (κ1) is 35.2. The van der Waals surface area contributed by atoms with Crippen LogP contribution in [-0.4, -0.2) is 88.0 Å². The second-order valence-corrected chi connectivity index (χ2v) is 16.0. The topological polar surface area (TPSA) is 155 Å². The number of ketones is 2. The second kappa shape index (κ2) is 12.9. The first-order valence-corrected chi connectivity index (χ1v) is 18.0. The minimum atomic E-state index is -1.40. The molecule has 3 N–H and O–H groups in total. The molecule has 12 heteroatoms. The number of β-lactam (4-membered cyclic amide) rings is 1. The Bertz CT molecular complexity index is 1430. The number of thiocarbonyl (C=S) groups is 1. The first-order valence-electron chi connectivity index (χ1n) is 17.6. The number of esters is 1. The normalized spacial score (nSPS) is 40.3. The number of rotatable bonds is 11. The van der Waals surface area contributed by atoms with Gasteiger partial charge in [-0.2, -0.15) is 0 Å². The van der Waals surface area contributed by atoms with Crippen LogP contribution in [0.2, 0.25) is 0 Å². The molecule has 0 aromatic carbocycles. The van der Waals surface area contributed by atoms with Crippen molar-refractivity contribution in [3.05, 3.63) is 23.8 Å². The lowest BCUT2D eigenvalue weighted by Crippen LogP contribution is -2.64. The standard InChI is InChI=1S/C36H50N2O9S/c1-6-7-30-46-28-14-24-23-9-8-20-13-21(39)10-11-34(20,4)31(23)26(40)16-35(24,5)36(28,47-30)27(41)18-44-32(43)25-15-29(42)38(25)17-22(12-19(2)3)45-33(37)48/h10-11,13,19,22-26,28,30-31,40H,6-9,12,14-18H2,1-5H3,(H2,37,48)/t22-,23-,24-,25?,26-,28+,30?,31+,34-,35-,36+/m0/s1. The van der Waals surface area contributed by atoms with Crippen LogP contribution in [-0.2, 0) is 38.1 Å². The number of amides is 1. The number of nitrogens with zero attached hydrogens (tertiary/aromatic N) is 1. The largest absolute Gasteiger partial charge is 0.466 e. The van der Waals surface area contributed by atoms with Gasteiger partial charge in [0, 0.05) is 16.7 Å². The predicted molar refractivity (Wildman–Crippen MR) is 178 cm³/mol. The molecule has 0 bridgehead atoms. The fraction of sp³-hybridized carbons (Fsp3) is 0.750. The second-order valence-electron chi connectivity index (χ2n) is 15.6. The van der Waals surface area contributed by atoms with Crippen molar-refractivity contribution in [2.24, 2.45) is 40.2 Å². The Hall–Kier alpha value is -2.67. The number of nitrogens with two attached hydrogens (primary N) is 1. The van der Waals surface area contributed by atoms with E-state index in [2.05, 4.69) is 6.92 Å². The van der Waals surface area contributed by atoms with Crippen molar-refractivity contribution in [3.63, 3.8) is 0 Å². The Morgan fingerprint density at radius 3 is 2.67 bits per heavy atom. The van der Waals surface area contributed by atoms with Gasteiger partial charge in [-0.05, 0) is 80.6 Å². The summed E-state index contributed by atoms with van der Waals surface area (Å²) in [5, 5.41) is 11.8. The summed E-state index contributed by atoms with van der Waals surface area (Å²) >= 11 is 4.92. The molecule has 6 aliphatic rings. The van der Waals surface area contributed by atoms with Crippen LogP contribution in [0, 0.1) is 34.5 Å². The molecule has 1 amide bonds. The van der Waals surface area contributed by atoms with Crippen LogP contribution in [0.1, 0.15) is 86.0 Å². The van der Waals surface area contributed by atoms with Crippen molar-refractivity contribution in [3.8, 4) is 0 Å². The van der Waals surface area contributed by atoms with Gasteiger partial charge in [0.1, 0.15) is 12.1 Å². The summed E-state index contributed by atoms with van der Waals surface area (Å²) < 4.78 is 24.4. The van der Waals surface area contributed by atoms with E-state index in [0.29, 0.717) is 25.7 Å². The van der Waals surface area contributed by atoms with Crippen LogP contribution >= 0.6 is 12.2 Å². The fourth-order valence-electron chi connectivity index (χ4n) is 10.3. The average molecular weight is 687 g/mol. The van der Waals surface area contributed by atoms with Gasteiger partial charge in [0.15, 0.2) is 24.3 Å². The van der Waals surface area contributed by atoms with Gasteiger partial charge in [-0.3, -0.25) is 14.4 Å². The van der Waals surface area contributed by atoms with E-state index in [0.717, 1.165) is 24.8 Å². The summed E-state index contributed by atoms with van der Waals surface area (Å²) in [4.78, 5) is 54.1. The van der Waals surface area contributed by atoms with Crippen LogP contribution in [0.3, 0.4) is 0 Å². The molecular weight excluding hydrogens is 636 g/mol. The van der Waals surface area contributed by atoms with E-state index in [4.69, 9.17) is 36.9 Å². The zero-order chi connectivity index (χ0) is 34.8. The zero-order valence-corrected chi connectivity index (χ0v) is 29.5. The molecule has 2 aliphatic heterocycles. The number of allylic oxidation sites excluding steroid dienone is 4. The number of carbonyl (C=O) groups is 4. The molecule has 2 unspecified atom stereocenters. The fourth-order valence-corrected chi connectivity index (χ4v) is 10.4. The van der Waals surface area contributed by atoms with Crippen molar-refractivity contribution < 1.29 is 43.2 Å². The lowest BCUT2D eigenvalue weighted by atomic mass is 9.46. The van der Waals surface area contributed by atoms with Gasteiger partial charge in [-0.25, -0.2) is 4.79 Å². The van der Waals surface area contributed by atoms with Gasteiger partial charge < -0.3 is 34.7 Å². The molecule has 48 heavy (non-hydrogen) atoms. The number of ether oxygens (including phenoxy) is 4. The molecule has 6 rings (SSSR count). The van der Waals surface area contributed by atoms with Gasteiger partial charge >= 0.3 is 5.97 Å². The third-order valence-corrected chi connectivity index (χ3v) is 12.4. The molecule has 5 fully saturated rings. The van der Waals surface area contributed by atoms with E-state index >= 15 is 0 Å². The van der Waals surface area contributed by atoms with E-state index in [1.807, 2.05) is 33.8 Å². The van der Waals surface area contributed by atoms with Crippen LogP contribution < -0.4 is 5.73 Å². The summed E-state index contributed by atoms with van der Waals surface area (Å²) in [5.74, 6) is -1.08. The minimum Gasteiger partial charge on any atom is -0.466 e. The highest BCUT2D eigenvalue weighted by atomic mass is 32.1. The lowest BCUT2D eigenvalue weighted by molar-refractivity contribution is -0.202. The van der Waals surface area contributed by atoms with Crippen LogP contribution in [0.15, 0.2) is 23.8 Å². The minimum absolute atomic E-state index is 0.00814. The quantitative estimate of drug-likeness (QED) is 0.186. The number of hydrogen-bond donors (Lipinski definition) is 2. The highest BCUT2D eigenvalue weighted by molar-refractivity contribution is 7.80. The monoisotopic (exact) mass is 686 g/mol. The molecule has 3 saturated carbocycles. The zero-order valence-electron chi connectivity index (χ0n) is 28.6. The SMILES string of the molecule is CCCC1O[C@@H]2C[C@H]3[C@@H]4CCC5=CC(=O)C=C[C@]5(C)[C@H]4[C@@H](O)C[C@]3(C)[C@]2(C(=O)COC(=O)C2CC(=O)N2C[C@H](CC(C)C)OC(N)=S)O1. The van der Waals surface area contributed by atoms with Crippen molar-refractivity contribution in [1.82, 2.24) is 4.90 Å². The van der Waals surface area contributed by atoms with E-state index in [9.17, 15) is 24.3 Å². The number of aliphatic hydroxyl groups excluding tert-OH is 1. The van der Waals surface area contributed by atoms with E-state index in [1.54, 1.807) is 12.2 Å². The summed E-state index contributed by atoms with van der Waals surface area (Å²) in [6.07, 6.45) is 7.34. The van der Waals surface area contributed by atoms with Crippen LogP contribution in [0.4, 0.5) is 0 Å². The van der Waals surface area contributed by atoms with Crippen molar-refractivity contribution in [2.45, 2.75) is 122 Å². The Labute approximate surface area is 287 Å². The molecule has 2 saturated heterocycles. The van der Waals surface area contributed by atoms with Gasteiger partial charge in [0.25, 0.3) is 5.17 Å². The summed E-state index contributed by atoms with van der Waals surface area (Å²) in [7, 11) is 0. The molecular formula is C36H50N2O9S. The molecule has 0 aromatic heterocycles. The van der Waals surface area contributed by atoms with E-state index < -0.39 is 59.7 Å². The molecule has 2 heterocycles. The Morgan fingerprint density at radius 1 is 1.25 bits per heavy atom. The van der Waals surface area contributed by atoms with Crippen LogP contribution in [0.25, 0.3) is 0 Å². The molecule has 264 valence electrons. The van der Waals surface area contributed by atoms with E-state index in [-0.39, 0.29) is 59.3 Å². The van der Waals surface area contributed by atoms with Gasteiger partial charge in [-0.1, -0.05) is 52.7 Å². The lowest BCUT2D eigenvalue weighted by Gasteiger charge is -2.59. The van der Waals surface area contributed by atoms with Gasteiger partial charge in [-0.15, -0.1) is 0 Å². The Kier molecular flexibility index (Phi) is 9.45. The Morgan fingerprint density at radius 2 is 2.00 bits per heavy atom. The third kappa shape index (κ3) is 5.64.